The Hall–Kier alpha value is -1.10. The monoisotopic (exact) mass is 282 g/mol. The number of nitrogens with zero attached hydrogens (tertiary/aromatic N) is 1. The first-order valence-corrected chi connectivity index (χ1v) is 7.81. The van der Waals surface area contributed by atoms with E-state index in [9.17, 15) is 14.7 Å². The minimum absolute atomic E-state index is 0.143. The summed E-state index contributed by atoms with van der Waals surface area (Å²) < 4.78 is 0. The lowest BCUT2D eigenvalue weighted by Gasteiger charge is -2.34. The third kappa shape index (κ3) is 4.47. The van der Waals surface area contributed by atoms with E-state index in [1.807, 2.05) is 4.90 Å². The van der Waals surface area contributed by atoms with Crippen LogP contribution in [0.2, 0.25) is 0 Å². The van der Waals surface area contributed by atoms with Crippen LogP contribution in [-0.4, -0.2) is 47.6 Å². The van der Waals surface area contributed by atoms with E-state index >= 15 is 0 Å². The van der Waals surface area contributed by atoms with Crippen LogP contribution in [0.3, 0.4) is 0 Å². The summed E-state index contributed by atoms with van der Waals surface area (Å²) in [5.74, 6) is 0.738. The molecule has 1 saturated carbocycles. The molecule has 2 rings (SSSR count). The van der Waals surface area contributed by atoms with Crippen LogP contribution in [0.15, 0.2) is 0 Å². The fourth-order valence-electron chi connectivity index (χ4n) is 2.73. The van der Waals surface area contributed by atoms with Crippen molar-refractivity contribution in [2.75, 3.05) is 19.6 Å². The molecule has 5 nitrogen and oxygen atoms in total. The number of carbonyl (C=O) groups is 2. The first-order valence-electron chi connectivity index (χ1n) is 7.81. The zero-order valence-electron chi connectivity index (χ0n) is 12.3. The van der Waals surface area contributed by atoms with Gasteiger partial charge in [0.15, 0.2) is 0 Å². The number of likely N-dealkylation sites (tertiary alicyclic amines) is 1. The number of nitrogens with one attached hydrogen (secondary N) is 1. The number of carbonyl (C=O) groups excluding carboxylic acids is 2. The minimum Gasteiger partial charge on any atom is -0.393 e. The van der Waals surface area contributed by atoms with Gasteiger partial charge < -0.3 is 15.3 Å². The van der Waals surface area contributed by atoms with Crippen molar-refractivity contribution in [2.45, 2.75) is 51.6 Å². The van der Waals surface area contributed by atoms with Crippen molar-refractivity contribution in [1.29, 1.82) is 0 Å². The Labute approximate surface area is 120 Å². The van der Waals surface area contributed by atoms with Gasteiger partial charge in [-0.3, -0.25) is 9.59 Å². The number of amides is 2. The topological polar surface area (TPSA) is 69.6 Å². The molecule has 2 aliphatic rings. The highest BCUT2D eigenvalue weighted by molar-refractivity contribution is 5.81. The fraction of sp³-hybridized carbons (Fsp3) is 0.867. The van der Waals surface area contributed by atoms with Crippen LogP contribution in [0.4, 0.5) is 0 Å². The van der Waals surface area contributed by atoms with Crippen molar-refractivity contribution in [3.63, 3.8) is 0 Å². The van der Waals surface area contributed by atoms with E-state index in [1.54, 1.807) is 6.92 Å². The molecule has 1 aliphatic heterocycles. The average molecular weight is 282 g/mol. The van der Waals surface area contributed by atoms with E-state index in [4.69, 9.17) is 0 Å². The molecular formula is C15H26N2O3. The van der Waals surface area contributed by atoms with Crippen molar-refractivity contribution in [3.8, 4) is 0 Å². The first kappa shape index (κ1) is 15.3. The molecule has 2 unspecified atom stereocenters. The lowest BCUT2D eigenvalue weighted by molar-refractivity contribution is -0.134. The van der Waals surface area contributed by atoms with Gasteiger partial charge in [0, 0.05) is 37.9 Å². The molecule has 114 valence electrons. The molecule has 1 saturated heterocycles. The van der Waals surface area contributed by atoms with Crippen LogP contribution in [0, 0.1) is 11.8 Å². The first-order chi connectivity index (χ1) is 9.58. The molecule has 2 atom stereocenters. The Morgan fingerprint density at radius 2 is 2.10 bits per heavy atom. The van der Waals surface area contributed by atoms with Crippen molar-refractivity contribution < 1.29 is 14.7 Å². The second-order valence-corrected chi connectivity index (χ2v) is 6.15. The van der Waals surface area contributed by atoms with Crippen LogP contribution in [0.5, 0.6) is 0 Å². The summed E-state index contributed by atoms with van der Waals surface area (Å²) in [6, 6.07) is 0. The smallest absolute Gasteiger partial charge is 0.223 e. The van der Waals surface area contributed by atoms with Gasteiger partial charge in [0.2, 0.25) is 11.8 Å². The van der Waals surface area contributed by atoms with Crippen LogP contribution in [0.1, 0.15) is 45.4 Å². The van der Waals surface area contributed by atoms with Gasteiger partial charge in [-0.25, -0.2) is 0 Å². The van der Waals surface area contributed by atoms with Crippen LogP contribution >= 0.6 is 0 Å². The Morgan fingerprint density at radius 1 is 1.35 bits per heavy atom. The molecule has 0 aromatic heterocycles. The maximum absolute atomic E-state index is 12.1. The third-order valence-corrected chi connectivity index (χ3v) is 4.31. The van der Waals surface area contributed by atoms with Crippen LogP contribution in [0.25, 0.3) is 0 Å². The number of hydrogen-bond donors (Lipinski definition) is 2. The quantitative estimate of drug-likeness (QED) is 0.712. The molecule has 0 bridgehead atoms. The molecular weight excluding hydrogens is 256 g/mol. The predicted molar refractivity (Wildman–Crippen MR) is 76.0 cm³/mol. The Kier molecular flexibility index (Phi) is 5.40. The maximum Gasteiger partial charge on any atom is 0.223 e. The van der Waals surface area contributed by atoms with Crippen molar-refractivity contribution in [2.24, 2.45) is 11.8 Å². The molecule has 1 aliphatic carbocycles. The van der Waals surface area contributed by atoms with Crippen molar-refractivity contribution in [1.82, 2.24) is 10.2 Å². The number of aliphatic hydroxyl groups excluding tert-OH is 1. The lowest BCUT2D eigenvalue weighted by Crippen LogP contribution is -2.43. The highest BCUT2D eigenvalue weighted by Gasteiger charge is 2.29. The van der Waals surface area contributed by atoms with Gasteiger partial charge in [-0.1, -0.05) is 0 Å². The van der Waals surface area contributed by atoms with Crippen molar-refractivity contribution in [3.05, 3.63) is 0 Å². The van der Waals surface area contributed by atoms with Gasteiger partial charge in [0.1, 0.15) is 0 Å². The summed E-state index contributed by atoms with van der Waals surface area (Å²) in [5.41, 5.74) is 0. The number of piperidine rings is 1. The summed E-state index contributed by atoms with van der Waals surface area (Å²) >= 11 is 0. The Morgan fingerprint density at radius 3 is 2.75 bits per heavy atom. The predicted octanol–water partition coefficient (Wildman–Crippen LogP) is 0.912. The zero-order valence-corrected chi connectivity index (χ0v) is 12.3. The van der Waals surface area contributed by atoms with Crippen LogP contribution < -0.4 is 5.32 Å². The van der Waals surface area contributed by atoms with E-state index in [0.717, 1.165) is 32.2 Å². The molecule has 2 amide bonds. The lowest BCUT2D eigenvalue weighted by atomic mass is 9.93. The van der Waals surface area contributed by atoms with Gasteiger partial charge in [0.25, 0.3) is 0 Å². The molecule has 0 aromatic rings. The minimum atomic E-state index is -0.344. The maximum atomic E-state index is 12.1. The number of rotatable bonds is 6. The molecule has 0 aromatic carbocycles. The molecule has 20 heavy (non-hydrogen) atoms. The van der Waals surface area contributed by atoms with Gasteiger partial charge in [-0.15, -0.1) is 0 Å². The van der Waals surface area contributed by atoms with E-state index in [0.29, 0.717) is 25.9 Å². The van der Waals surface area contributed by atoms with Gasteiger partial charge in [0.05, 0.1) is 6.10 Å². The number of hydrogen-bond acceptors (Lipinski definition) is 3. The van der Waals surface area contributed by atoms with Gasteiger partial charge >= 0.3 is 0 Å². The summed E-state index contributed by atoms with van der Waals surface area (Å²) in [7, 11) is 0. The summed E-state index contributed by atoms with van der Waals surface area (Å²) in [6.45, 7) is 3.86. The molecule has 5 heteroatoms. The second-order valence-electron chi connectivity index (χ2n) is 6.15. The molecule has 2 N–H and O–H groups in total. The van der Waals surface area contributed by atoms with E-state index in [-0.39, 0.29) is 29.8 Å². The standard InChI is InChI=1S/C15H26N2O3/c1-11(18)13-4-3-9-17(10-13)14(19)5-2-8-16-15(20)12-6-7-12/h11-13,18H,2-10H2,1H3,(H,16,20). The summed E-state index contributed by atoms with van der Waals surface area (Å²) in [6.07, 6.45) is 4.84. The highest BCUT2D eigenvalue weighted by Crippen LogP contribution is 2.28. The third-order valence-electron chi connectivity index (χ3n) is 4.31. The Balaban J connectivity index is 1.62. The molecule has 0 spiro atoms. The highest BCUT2D eigenvalue weighted by atomic mass is 16.3. The molecule has 0 radical (unpaired) electrons. The van der Waals surface area contributed by atoms with Crippen LogP contribution in [-0.2, 0) is 9.59 Å². The second kappa shape index (κ2) is 7.07. The summed E-state index contributed by atoms with van der Waals surface area (Å²) in [4.78, 5) is 25.4. The SMILES string of the molecule is CC(O)C1CCCN(C(=O)CCCNC(=O)C2CC2)C1. The molecule has 2 fully saturated rings. The number of aliphatic hydroxyl groups is 1. The van der Waals surface area contributed by atoms with E-state index in [1.165, 1.54) is 0 Å². The normalized spacial score (nSPS) is 24.3. The van der Waals surface area contributed by atoms with Gasteiger partial charge in [-0.2, -0.15) is 0 Å². The zero-order chi connectivity index (χ0) is 14.5. The summed E-state index contributed by atoms with van der Waals surface area (Å²) in [5, 5.41) is 12.5. The average Bonchev–Trinajstić information content (AvgIpc) is 3.27. The van der Waals surface area contributed by atoms with E-state index in [2.05, 4.69) is 5.32 Å². The molecule has 1 heterocycles. The fourth-order valence-corrected chi connectivity index (χ4v) is 2.73. The van der Waals surface area contributed by atoms with Gasteiger partial charge in [-0.05, 0) is 39.0 Å². The van der Waals surface area contributed by atoms with E-state index < -0.39 is 0 Å². The largest absolute Gasteiger partial charge is 0.393 e. The Bertz CT molecular complexity index is 353. The van der Waals surface area contributed by atoms with Crippen molar-refractivity contribution >= 4 is 11.8 Å².